The number of amides is 1. The summed E-state index contributed by atoms with van der Waals surface area (Å²) in [5.74, 6) is -0.244. The van der Waals surface area contributed by atoms with Gasteiger partial charge in [0.25, 0.3) is 5.91 Å². The minimum Gasteiger partial charge on any atom is -0.435 e. The highest BCUT2D eigenvalue weighted by Gasteiger charge is 2.08. The van der Waals surface area contributed by atoms with E-state index in [1.54, 1.807) is 0 Å². The van der Waals surface area contributed by atoms with Crippen LogP contribution in [-0.4, -0.2) is 24.4 Å². The molecule has 1 rings (SSSR count). The number of rotatable bonds is 6. The third-order valence-corrected chi connectivity index (χ3v) is 2.39. The molecule has 1 unspecified atom stereocenters. The molecule has 0 spiro atoms. The van der Waals surface area contributed by atoms with Crippen molar-refractivity contribution in [1.29, 1.82) is 0 Å². The van der Waals surface area contributed by atoms with Crippen molar-refractivity contribution in [3.05, 3.63) is 29.8 Å². The average molecular weight is 278 g/mol. The number of hydrogen-bond donors (Lipinski definition) is 1. The second kappa shape index (κ2) is 7.16. The molecule has 100 valence electrons. The Hall–Kier alpha value is -1.36. The van der Waals surface area contributed by atoms with E-state index in [2.05, 4.69) is 10.1 Å². The molecule has 1 atom stereocenters. The molecule has 0 aliphatic carbocycles. The van der Waals surface area contributed by atoms with Gasteiger partial charge >= 0.3 is 6.61 Å². The Morgan fingerprint density at radius 3 is 2.50 bits per heavy atom. The van der Waals surface area contributed by atoms with Crippen LogP contribution in [0, 0.1) is 0 Å². The average Bonchev–Trinajstić information content (AvgIpc) is 2.28. The molecule has 0 fully saturated rings. The number of carbonyl (C=O) groups excluding carboxylic acids is 1. The summed E-state index contributed by atoms with van der Waals surface area (Å²) in [4.78, 5) is 11.6. The molecular formula is C12H14ClF2NO2. The lowest BCUT2D eigenvalue weighted by molar-refractivity contribution is -0.0498. The minimum atomic E-state index is -2.87. The Morgan fingerprint density at radius 2 is 2.00 bits per heavy atom. The van der Waals surface area contributed by atoms with E-state index < -0.39 is 6.61 Å². The van der Waals surface area contributed by atoms with Gasteiger partial charge in [-0.3, -0.25) is 4.79 Å². The van der Waals surface area contributed by atoms with Crippen LogP contribution < -0.4 is 10.1 Å². The van der Waals surface area contributed by atoms with E-state index >= 15 is 0 Å². The van der Waals surface area contributed by atoms with Crippen LogP contribution in [0.1, 0.15) is 23.7 Å². The van der Waals surface area contributed by atoms with E-state index in [-0.39, 0.29) is 17.0 Å². The van der Waals surface area contributed by atoms with Gasteiger partial charge in [-0.15, -0.1) is 11.6 Å². The lowest BCUT2D eigenvalue weighted by Crippen LogP contribution is -2.25. The zero-order valence-electron chi connectivity index (χ0n) is 9.83. The van der Waals surface area contributed by atoms with Crippen molar-refractivity contribution in [2.75, 3.05) is 6.54 Å². The topological polar surface area (TPSA) is 38.3 Å². The van der Waals surface area contributed by atoms with Crippen molar-refractivity contribution in [1.82, 2.24) is 5.32 Å². The van der Waals surface area contributed by atoms with Crippen LogP contribution >= 0.6 is 11.6 Å². The van der Waals surface area contributed by atoms with E-state index in [0.29, 0.717) is 18.5 Å². The lowest BCUT2D eigenvalue weighted by Gasteiger charge is -2.07. The number of alkyl halides is 3. The van der Waals surface area contributed by atoms with Crippen molar-refractivity contribution >= 4 is 17.5 Å². The standard InChI is InChI=1S/C12H14ClF2NO2/c1-8(13)6-7-16-11(17)9-2-4-10(5-3-9)18-12(14)15/h2-5,8,12H,6-7H2,1H3,(H,16,17). The van der Waals surface area contributed by atoms with Crippen LogP contribution in [0.25, 0.3) is 0 Å². The van der Waals surface area contributed by atoms with Gasteiger partial charge in [0.2, 0.25) is 0 Å². The van der Waals surface area contributed by atoms with Gasteiger partial charge in [0.15, 0.2) is 0 Å². The van der Waals surface area contributed by atoms with Crippen LogP contribution in [0.15, 0.2) is 24.3 Å². The van der Waals surface area contributed by atoms with E-state index in [1.165, 1.54) is 24.3 Å². The molecular weight excluding hydrogens is 264 g/mol. The Kier molecular flexibility index (Phi) is 5.85. The zero-order valence-corrected chi connectivity index (χ0v) is 10.6. The first kappa shape index (κ1) is 14.7. The third-order valence-electron chi connectivity index (χ3n) is 2.17. The predicted octanol–water partition coefficient (Wildman–Crippen LogP) is 3.04. The highest BCUT2D eigenvalue weighted by Crippen LogP contribution is 2.14. The second-order valence-corrected chi connectivity index (χ2v) is 4.47. The number of benzene rings is 1. The molecule has 1 aromatic carbocycles. The minimum absolute atomic E-state index is 0.00730. The SMILES string of the molecule is CC(Cl)CCNC(=O)c1ccc(OC(F)F)cc1. The molecule has 0 aliphatic rings. The summed E-state index contributed by atoms with van der Waals surface area (Å²) in [5.41, 5.74) is 0.388. The summed E-state index contributed by atoms with van der Waals surface area (Å²) < 4.78 is 28.0. The molecule has 0 saturated carbocycles. The van der Waals surface area contributed by atoms with Crippen LogP contribution in [0.4, 0.5) is 8.78 Å². The highest BCUT2D eigenvalue weighted by molar-refractivity contribution is 6.20. The molecule has 3 nitrogen and oxygen atoms in total. The Morgan fingerprint density at radius 1 is 1.39 bits per heavy atom. The predicted molar refractivity (Wildman–Crippen MR) is 65.3 cm³/mol. The first-order valence-corrected chi connectivity index (χ1v) is 5.90. The van der Waals surface area contributed by atoms with Gasteiger partial charge in [-0.1, -0.05) is 0 Å². The maximum absolute atomic E-state index is 11.9. The summed E-state index contributed by atoms with van der Waals surface area (Å²) >= 11 is 5.74. The van der Waals surface area contributed by atoms with Gasteiger partial charge < -0.3 is 10.1 Å². The van der Waals surface area contributed by atoms with Gasteiger partial charge in [0, 0.05) is 17.5 Å². The van der Waals surface area contributed by atoms with Gasteiger partial charge in [0.1, 0.15) is 5.75 Å². The smallest absolute Gasteiger partial charge is 0.387 e. The van der Waals surface area contributed by atoms with Crippen molar-refractivity contribution < 1.29 is 18.3 Å². The summed E-state index contributed by atoms with van der Waals surface area (Å²) in [6, 6.07) is 5.50. The van der Waals surface area contributed by atoms with Crippen LogP contribution in [0.2, 0.25) is 0 Å². The Balaban J connectivity index is 2.48. The first-order chi connectivity index (χ1) is 8.49. The molecule has 1 aromatic rings. The molecule has 0 bridgehead atoms. The van der Waals surface area contributed by atoms with Crippen LogP contribution in [-0.2, 0) is 0 Å². The quantitative estimate of drug-likeness (QED) is 0.812. The Labute approximate surface area is 109 Å². The number of halogens is 3. The maximum atomic E-state index is 11.9. The van der Waals surface area contributed by atoms with Crippen molar-refractivity contribution in [3.8, 4) is 5.75 Å². The van der Waals surface area contributed by atoms with Crippen LogP contribution in [0.5, 0.6) is 5.75 Å². The maximum Gasteiger partial charge on any atom is 0.387 e. The summed E-state index contributed by atoms with van der Waals surface area (Å²) in [6.45, 7) is -0.557. The van der Waals surface area contributed by atoms with Gasteiger partial charge in [-0.05, 0) is 37.6 Å². The second-order valence-electron chi connectivity index (χ2n) is 3.73. The third kappa shape index (κ3) is 5.31. The summed E-state index contributed by atoms with van der Waals surface area (Å²) in [5, 5.41) is 2.67. The Bertz CT molecular complexity index is 382. The fourth-order valence-corrected chi connectivity index (χ4v) is 1.38. The normalized spacial score (nSPS) is 12.3. The first-order valence-electron chi connectivity index (χ1n) is 5.46. The highest BCUT2D eigenvalue weighted by atomic mass is 35.5. The van der Waals surface area contributed by atoms with Crippen molar-refractivity contribution in [2.45, 2.75) is 25.3 Å². The van der Waals surface area contributed by atoms with Gasteiger partial charge in [0.05, 0.1) is 0 Å². The molecule has 0 radical (unpaired) electrons. The molecule has 18 heavy (non-hydrogen) atoms. The van der Waals surface area contributed by atoms with E-state index in [0.717, 1.165) is 0 Å². The zero-order chi connectivity index (χ0) is 13.5. The van der Waals surface area contributed by atoms with E-state index in [4.69, 9.17) is 11.6 Å². The summed E-state index contributed by atoms with van der Waals surface area (Å²) in [6.07, 6.45) is 0.667. The number of ether oxygens (including phenoxy) is 1. The molecule has 0 aliphatic heterocycles. The summed E-state index contributed by atoms with van der Waals surface area (Å²) in [7, 11) is 0. The number of hydrogen-bond acceptors (Lipinski definition) is 2. The van der Waals surface area contributed by atoms with Gasteiger partial charge in [-0.2, -0.15) is 8.78 Å². The molecule has 0 aromatic heterocycles. The lowest BCUT2D eigenvalue weighted by atomic mass is 10.2. The van der Waals surface area contributed by atoms with Crippen LogP contribution in [0.3, 0.4) is 0 Å². The van der Waals surface area contributed by atoms with E-state index in [1.807, 2.05) is 6.92 Å². The number of carbonyl (C=O) groups is 1. The van der Waals surface area contributed by atoms with Gasteiger partial charge in [-0.25, -0.2) is 0 Å². The van der Waals surface area contributed by atoms with Crippen molar-refractivity contribution in [3.63, 3.8) is 0 Å². The van der Waals surface area contributed by atoms with E-state index in [9.17, 15) is 13.6 Å². The molecule has 0 heterocycles. The largest absolute Gasteiger partial charge is 0.435 e. The van der Waals surface area contributed by atoms with Crippen molar-refractivity contribution in [2.24, 2.45) is 0 Å². The fourth-order valence-electron chi connectivity index (χ4n) is 1.27. The molecule has 1 amide bonds. The molecule has 0 saturated heterocycles. The molecule has 6 heteroatoms. The monoisotopic (exact) mass is 277 g/mol. The molecule has 1 N–H and O–H groups in total. The fraction of sp³-hybridized carbons (Fsp3) is 0.417. The number of nitrogens with one attached hydrogen (secondary N) is 1.